The first-order valence-corrected chi connectivity index (χ1v) is 17.4. The van der Waals surface area contributed by atoms with Crippen molar-refractivity contribution in [3.8, 4) is 0 Å². The van der Waals surface area contributed by atoms with E-state index >= 15 is 0 Å². The zero-order valence-electron chi connectivity index (χ0n) is 21.6. The third kappa shape index (κ3) is 5.30. The summed E-state index contributed by atoms with van der Waals surface area (Å²) >= 11 is 0. The van der Waals surface area contributed by atoms with Gasteiger partial charge < -0.3 is 9.16 Å². The topological polar surface area (TPSA) is 18.5 Å². The Kier molecular flexibility index (Phi) is 7.60. The minimum atomic E-state index is -2.05. The Labute approximate surface area is 198 Å². The SMILES string of the molecule is CC(C)(C)[Si](C)(C)OCC[C@@H]1C[C@@H](C[Si](c2ccccc2)(c2ccccc2)C(C)(C)C)O1. The zero-order valence-corrected chi connectivity index (χ0v) is 23.6. The van der Waals surface area contributed by atoms with Gasteiger partial charge in [0.05, 0.1) is 12.2 Å². The Morgan fingerprint density at radius 3 is 1.66 bits per heavy atom. The molecule has 3 rings (SSSR count). The molecule has 2 aromatic rings. The van der Waals surface area contributed by atoms with Crippen LogP contribution in [0.25, 0.3) is 0 Å². The van der Waals surface area contributed by atoms with Crippen molar-refractivity contribution in [3.63, 3.8) is 0 Å². The summed E-state index contributed by atoms with van der Waals surface area (Å²) in [6.45, 7) is 19.7. The lowest BCUT2D eigenvalue weighted by atomic mass is 10.0. The van der Waals surface area contributed by atoms with Gasteiger partial charge in [0.1, 0.15) is 8.07 Å². The molecule has 0 amide bonds. The molecule has 0 saturated carbocycles. The Morgan fingerprint density at radius 1 is 0.781 bits per heavy atom. The number of rotatable bonds is 8. The van der Waals surface area contributed by atoms with Crippen LogP contribution < -0.4 is 10.4 Å². The molecule has 2 nitrogen and oxygen atoms in total. The van der Waals surface area contributed by atoms with Gasteiger partial charge in [-0.1, -0.05) is 113 Å². The third-order valence-corrected chi connectivity index (χ3v) is 18.8. The number of hydrogen-bond acceptors (Lipinski definition) is 2. The molecule has 1 heterocycles. The molecule has 1 aliphatic heterocycles. The quantitative estimate of drug-likeness (QED) is 0.405. The number of benzene rings is 2. The van der Waals surface area contributed by atoms with Gasteiger partial charge in [0.2, 0.25) is 0 Å². The standard InChI is InChI=1S/C28H44O2Si2/c1-27(2,3)31(7,8)29-20-19-23-21-24(30-23)22-32(28(4,5)6,25-15-11-9-12-16-25)26-17-13-10-14-18-26/h9-18,23-24H,19-22H2,1-8H3/t23-,24+/m1/s1. The summed E-state index contributed by atoms with van der Waals surface area (Å²) in [5.41, 5.74) is 0. The van der Waals surface area contributed by atoms with Crippen LogP contribution in [0.4, 0.5) is 0 Å². The molecule has 4 heteroatoms. The molecule has 2 aromatic carbocycles. The first kappa shape index (κ1) is 25.4. The summed E-state index contributed by atoms with van der Waals surface area (Å²) in [6, 6.07) is 23.6. The molecular formula is C28H44O2Si2. The largest absolute Gasteiger partial charge is 0.417 e. The highest BCUT2D eigenvalue weighted by atomic mass is 28.4. The van der Waals surface area contributed by atoms with Crippen LogP contribution in [0.1, 0.15) is 54.4 Å². The van der Waals surface area contributed by atoms with E-state index in [4.69, 9.17) is 9.16 Å². The second-order valence-corrected chi connectivity index (χ2v) is 21.8. The molecule has 0 aromatic heterocycles. The lowest BCUT2D eigenvalue weighted by Crippen LogP contribution is -2.66. The highest BCUT2D eigenvalue weighted by Gasteiger charge is 2.50. The Bertz CT molecular complexity index is 805. The van der Waals surface area contributed by atoms with Gasteiger partial charge in [-0.05, 0) is 42.1 Å². The molecule has 2 atom stereocenters. The van der Waals surface area contributed by atoms with Crippen molar-refractivity contribution >= 4 is 26.8 Å². The van der Waals surface area contributed by atoms with Crippen molar-refractivity contribution in [1.29, 1.82) is 0 Å². The number of ether oxygens (including phenoxy) is 1. The van der Waals surface area contributed by atoms with E-state index in [1.165, 1.54) is 10.4 Å². The van der Waals surface area contributed by atoms with E-state index < -0.39 is 16.4 Å². The molecule has 0 unspecified atom stereocenters. The smallest absolute Gasteiger partial charge is 0.191 e. The molecule has 0 radical (unpaired) electrons. The molecular weight excluding hydrogens is 424 g/mol. The van der Waals surface area contributed by atoms with E-state index in [0.29, 0.717) is 12.2 Å². The van der Waals surface area contributed by atoms with Crippen molar-refractivity contribution in [1.82, 2.24) is 0 Å². The molecule has 0 N–H and O–H groups in total. The normalized spacial score (nSPS) is 20.1. The predicted molar refractivity (Wildman–Crippen MR) is 143 cm³/mol. The highest BCUT2D eigenvalue weighted by Crippen LogP contribution is 2.43. The Hall–Kier alpha value is -1.21. The van der Waals surface area contributed by atoms with Crippen molar-refractivity contribution in [2.45, 2.75) is 95.8 Å². The van der Waals surface area contributed by atoms with Crippen LogP contribution in [0.2, 0.25) is 29.2 Å². The van der Waals surface area contributed by atoms with Gasteiger partial charge in [0.25, 0.3) is 0 Å². The molecule has 176 valence electrons. The molecule has 1 aliphatic rings. The summed E-state index contributed by atoms with van der Waals surface area (Å²) in [5.74, 6) is 0. The van der Waals surface area contributed by atoms with Crippen LogP contribution >= 0.6 is 0 Å². The fourth-order valence-electron chi connectivity index (χ4n) is 4.90. The van der Waals surface area contributed by atoms with E-state index in [0.717, 1.165) is 25.5 Å². The highest BCUT2D eigenvalue weighted by molar-refractivity contribution is 7.04. The lowest BCUT2D eigenvalue weighted by Gasteiger charge is -2.49. The first-order chi connectivity index (χ1) is 14.9. The van der Waals surface area contributed by atoms with E-state index in [-0.39, 0.29) is 10.1 Å². The molecule has 0 bridgehead atoms. The molecule has 0 spiro atoms. The van der Waals surface area contributed by atoms with Crippen molar-refractivity contribution in [3.05, 3.63) is 60.7 Å². The predicted octanol–water partition coefficient (Wildman–Crippen LogP) is 6.62. The monoisotopic (exact) mass is 468 g/mol. The summed E-state index contributed by atoms with van der Waals surface area (Å²) in [6.07, 6.45) is 2.87. The van der Waals surface area contributed by atoms with Gasteiger partial charge in [-0.2, -0.15) is 0 Å². The van der Waals surface area contributed by atoms with Crippen LogP contribution in [-0.2, 0) is 9.16 Å². The maximum absolute atomic E-state index is 6.50. The summed E-state index contributed by atoms with van der Waals surface area (Å²) in [4.78, 5) is 0. The second-order valence-electron chi connectivity index (χ2n) is 12.1. The van der Waals surface area contributed by atoms with Crippen LogP contribution in [0.15, 0.2) is 60.7 Å². The molecule has 32 heavy (non-hydrogen) atoms. The fourth-order valence-corrected chi connectivity index (χ4v) is 11.6. The maximum Gasteiger partial charge on any atom is 0.191 e. The number of hydrogen-bond donors (Lipinski definition) is 0. The molecule has 1 fully saturated rings. The second kappa shape index (κ2) is 9.57. The van der Waals surface area contributed by atoms with E-state index in [1.807, 2.05) is 0 Å². The van der Waals surface area contributed by atoms with Crippen molar-refractivity contribution < 1.29 is 9.16 Å². The Morgan fingerprint density at radius 2 is 1.25 bits per heavy atom. The average molecular weight is 469 g/mol. The van der Waals surface area contributed by atoms with Gasteiger partial charge in [0.15, 0.2) is 8.32 Å². The van der Waals surface area contributed by atoms with Gasteiger partial charge in [-0.15, -0.1) is 0 Å². The third-order valence-electron chi connectivity index (χ3n) is 7.97. The van der Waals surface area contributed by atoms with E-state index in [2.05, 4.69) is 115 Å². The van der Waals surface area contributed by atoms with E-state index in [1.54, 1.807) is 0 Å². The van der Waals surface area contributed by atoms with Crippen molar-refractivity contribution in [2.75, 3.05) is 6.61 Å². The average Bonchev–Trinajstić information content (AvgIpc) is 2.68. The van der Waals surface area contributed by atoms with Gasteiger partial charge in [-0.25, -0.2) is 0 Å². The van der Waals surface area contributed by atoms with Gasteiger partial charge >= 0.3 is 0 Å². The van der Waals surface area contributed by atoms with Crippen LogP contribution in [0.5, 0.6) is 0 Å². The van der Waals surface area contributed by atoms with E-state index in [9.17, 15) is 0 Å². The molecule has 0 aliphatic carbocycles. The summed E-state index contributed by atoms with van der Waals surface area (Å²) in [5, 5.41) is 3.49. The summed E-state index contributed by atoms with van der Waals surface area (Å²) < 4.78 is 12.9. The maximum atomic E-state index is 6.50. The van der Waals surface area contributed by atoms with Gasteiger partial charge in [-0.3, -0.25) is 0 Å². The Balaban J connectivity index is 1.72. The van der Waals surface area contributed by atoms with Crippen LogP contribution in [-0.4, -0.2) is 35.2 Å². The zero-order chi connectivity index (χ0) is 23.6. The minimum Gasteiger partial charge on any atom is -0.417 e. The van der Waals surface area contributed by atoms with Crippen LogP contribution in [0.3, 0.4) is 0 Å². The van der Waals surface area contributed by atoms with Gasteiger partial charge in [0, 0.05) is 6.61 Å². The molecule has 1 saturated heterocycles. The first-order valence-electron chi connectivity index (χ1n) is 12.3. The van der Waals surface area contributed by atoms with Crippen molar-refractivity contribution in [2.24, 2.45) is 0 Å². The van der Waals surface area contributed by atoms with Crippen LogP contribution in [0, 0.1) is 0 Å². The minimum absolute atomic E-state index is 0.190. The summed E-state index contributed by atoms with van der Waals surface area (Å²) in [7, 11) is -3.72. The fraction of sp³-hybridized carbons (Fsp3) is 0.571. The lowest BCUT2D eigenvalue weighted by molar-refractivity contribution is -0.120.